The minimum Gasteiger partial charge on any atom is -0.491 e. The van der Waals surface area contributed by atoms with Gasteiger partial charge in [0.1, 0.15) is 17.1 Å². The Bertz CT molecular complexity index is 659. The maximum absolute atomic E-state index is 11.4. The van der Waals surface area contributed by atoms with E-state index in [9.17, 15) is 9.90 Å². The molecule has 2 rings (SSSR count). The fourth-order valence-corrected chi connectivity index (χ4v) is 2.15. The van der Waals surface area contributed by atoms with Crippen LogP contribution in [0.1, 0.15) is 38.1 Å². The predicted molar refractivity (Wildman–Crippen MR) is 82.4 cm³/mol. The van der Waals surface area contributed by atoms with Crippen LogP contribution in [0.2, 0.25) is 0 Å². The third-order valence-electron chi connectivity index (χ3n) is 2.90. The standard InChI is InChI=1S/C17H20O4/c1-10(2)20-13-7-5-12-6-8-14(17(18)19)16(15(12)9-13)21-11(3)4/h5-11H,1-4H3,(H,18,19). The van der Waals surface area contributed by atoms with Crippen molar-refractivity contribution in [2.75, 3.05) is 0 Å². The first-order valence-electron chi connectivity index (χ1n) is 7.02. The fraction of sp³-hybridized carbons (Fsp3) is 0.353. The van der Waals surface area contributed by atoms with Crippen LogP contribution in [0.4, 0.5) is 0 Å². The summed E-state index contributed by atoms with van der Waals surface area (Å²) in [6.45, 7) is 7.64. The van der Waals surface area contributed by atoms with Crippen molar-refractivity contribution in [1.82, 2.24) is 0 Å². The summed E-state index contributed by atoms with van der Waals surface area (Å²) in [4.78, 5) is 11.4. The first kappa shape index (κ1) is 15.2. The maximum atomic E-state index is 11.4. The largest absolute Gasteiger partial charge is 0.491 e. The minimum absolute atomic E-state index is 0.0552. The van der Waals surface area contributed by atoms with Crippen molar-refractivity contribution in [2.24, 2.45) is 0 Å². The van der Waals surface area contributed by atoms with Crippen molar-refractivity contribution in [3.8, 4) is 11.5 Å². The molecule has 0 amide bonds. The molecule has 0 aliphatic heterocycles. The molecule has 1 N–H and O–H groups in total. The lowest BCUT2D eigenvalue weighted by Crippen LogP contribution is -2.10. The van der Waals surface area contributed by atoms with Gasteiger partial charge in [0.05, 0.1) is 12.2 Å². The van der Waals surface area contributed by atoms with Crippen LogP contribution in [0.5, 0.6) is 11.5 Å². The van der Waals surface area contributed by atoms with Gasteiger partial charge in [-0.1, -0.05) is 12.1 Å². The number of carboxylic acids is 1. The number of aromatic carboxylic acids is 1. The third kappa shape index (κ3) is 3.45. The van der Waals surface area contributed by atoms with Crippen molar-refractivity contribution >= 4 is 16.7 Å². The molecule has 0 aromatic heterocycles. The predicted octanol–water partition coefficient (Wildman–Crippen LogP) is 4.11. The monoisotopic (exact) mass is 288 g/mol. The Morgan fingerprint density at radius 2 is 1.62 bits per heavy atom. The molecule has 21 heavy (non-hydrogen) atoms. The summed E-state index contributed by atoms with van der Waals surface area (Å²) in [7, 11) is 0. The molecule has 0 bridgehead atoms. The van der Waals surface area contributed by atoms with E-state index in [4.69, 9.17) is 9.47 Å². The molecule has 0 unspecified atom stereocenters. The Kier molecular flexibility index (Phi) is 4.36. The highest BCUT2D eigenvalue weighted by molar-refractivity contribution is 6.01. The number of ether oxygens (including phenoxy) is 2. The average molecular weight is 288 g/mol. The van der Waals surface area contributed by atoms with Crippen molar-refractivity contribution in [3.05, 3.63) is 35.9 Å². The van der Waals surface area contributed by atoms with E-state index in [2.05, 4.69) is 0 Å². The number of rotatable bonds is 5. The van der Waals surface area contributed by atoms with Crippen molar-refractivity contribution in [2.45, 2.75) is 39.9 Å². The Hall–Kier alpha value is -2.23. The molecular formula is C17H20O4. The van der Waals surface area contributed by atoms with E-state index in [1.165, 1.54) is 0 Å². The molecule has 0 radical (unpaired) electrons. The number of benzene rings is 2. The van der Waals surface area contributed by atoms with Crippen LogP contribution in [-0.2, 0) is 0 Å². The highest BCUT2D eigenvalue weighted by Gasteiger charge is 2.16. The van der Waals surface area contributed by atoms with E-state index in [-0.39, 0.29) is 17.8 Å². The molecule has 112 valence electrons. The van der Waals surface area contributed by atoms with Crippen LogP contribution in [-0.4, -0.2) is 23.3 Å². The lowest BCUT2D eigenvalue weighted by atomic mass is 10.0. The van der Waals surface area contributed by atoms with Gasteiger partial charge in [-0.3, -0.25) is 0 Å². The molecule has 0 saturated heterocycles. The van der Waals surface area contributed by atoms with Gasteiger partial charge in [-0.15, -0.1) is 0 Å². The maximum Gasteiger partial charge on any atom is 0.339 e. The SMILES string of the molecule is CC(C)Oc1ccc2ccc(C(=O)O)c(OC(C)C)c2c1. The van der Waals surface area contributed by atoms with Gasteiger partial charge in [0.15, 0.2) is 0 Å². The molecule has 0 aliphatic rings. The second-order valence-electron chi connectivity index (χ2n) is 5.46. The molecule has 4 heteroatoms. The number of fused-ring (bicyclic) bond motifs is 1. The summed E-state index contributed by atoms with van der Waals surface area (Å²) in [5.41, 5.74) is 0.165. The van der Waals surface area contributed by atoms with Gasteiger partial charge in [0.2, 0.25) is 0 Å². The van der Waals surface area contributed by atoms with E-state index in [1.54, 1.807) is 12.1 Å². The lowest BCUT2D eigenvalue weighted by Gasteiger charge is -2.16. The van der Waals surface area contributed by atoms with E-state index < -0.39 is 5.97 Å². The highest BCUT2D eigenvalue weighted by atomic mass is 16.5. The molecule has 0 spiro atoms. The second-order valence-corrected chi connectivity index (χ2v) is 5.46. The summed E-state index contributed by atoms with van der Waals surface area (Å²) >= 11 is 0. The zero-order valence-electron chi connectivity index (χ0n) is 12.7. The van der Waals surface area contributed by atoms with E-state index >= 15 is 0 Å². The van der Waals surface area contributed by atoms with Gasteiger partial charge < -0.3 is 14.6 Å². The molecule has 0 aliphatic carbocycles. The smallest absolute Gasteiger partial charge is 0.339 e. The molecule has 0 saturated carbocycles. The highest BCUT2D eigenvalue weighted by Crippen LogP contribution is 2.33. The number of carbonyl (C=O) groups is 1. The number of carboxylic acid groups (broad SMARTS) is 1. The summed E-state index contributed by atoms with van der Waals surface area (Å²) in [5, 5.41) is 11.0. The summed E-state index contributed by atoms with van der Waals surface area (Å²) in [6, 6.07) is 8.98. The van der Waals surface area contributed by atoms with Gasteiger partial charge in [-0.25, -0.2) is 4.79 Å². The van der Waals surface area contributed by atoms with Crippen molar-refractivity contribution < 1.29 is 19.4 Å². The lowest BCUT2D eigenvalue weighted by molar-refractivity contribution is 0.0691. The van der Waals surface area contributed by atoms with Crippen LogP contribution >= 0.6 is 0 Å². The average Bonchev–Trinajstić information content (AvgIpc) is 2.37. The molecule has 4 nitrogen and oxygen atoms in total. The minimum atomic E-state index is -0.997. The van der Waals surface area contributed by atoms with Crippen LogP contribution in [0.3, 0.4) is 0 Å². The van der Waals surface area contributed by atoms with Crippen LogP contribution < -0.4 is 9.47 Å². The molecule has 0 fully saturated rings. The van der Waals surface area contributed by atoms with Crippen molar-refractivity contribution in [1.29, 1.82) is 0 Å². The molecule has 2 aromatic carbocycles. The van der Waals surface area contributed by atoms with Crippen LogP contribution in [0.25, 0.3) is 10.8 Å². The molecule has 0 heterocycles. The van der Waals surface area contributed by atoms with Gasteiger partial charge >= 0.3 is 5.97 Å². The first-order chi connectivity index (χ1) is 9.88. The molecule has 2 aromatic rings. The topological polar surface area (TPSA) is 55.8 Å². The van der Waals surface area contributed by atoms with Gasteiger partial charge in [0, 0.05) is 5.39 Å². The normalized spacial score (nSPS) is 11.1. The van der Waals surface area contributed by atoms with Crippen LogP contribution in [0, 0.1) is 0 Å². The van der Waals surface area contributed by atoms with Crippen molar-refractivity contribution in [3.63, 3.8) is 0 Å². The molecular weight excluding hydrogens is 268 g/mol. The summed E-state index contributed by atoms with van der Waals surface area (Å²) in [5.74, 6) is 0.0978. The van der Waals surface area contributed by atoms with Gasteiger partial charge in [-0.05, 0) is 51.3 Å². The number of hydrogen-bond donors (Lipinski definition) is 1. The van der Waals surface area contributed by atoms with E-state index in [0.29, 0.717) is 11.5 Å². The van der Waals surface area contributed by atoms with E-state index in [0.717, 1.165) is 10.8 Å². The second kappa shape index (κ2) is 6.04. The summed E-state index contributed by atoms with van der Waals surface area (Å²) in [6.07, 6.45) is -0.0528. The number of hydrogen-bond acceptors (Lipinski definition) is 3. The quantitative estimate of drug-likeness (QED) is 0.899. The summed E-state index contributed by atoms with van der Waals surface area (Å²) < 4.78 is 11.4. The first-order valence-corrected chi connectivity index (χ1v) is 7.02. The Balaban J connectivity index is 2.63. The fourth-order valence-electron chi connectivity index (χ4n) is 2.15. The van der Waals surface area contributed by atoms with Gasteiger partial charge in [0.25, 0.3) is 0 Å². The Morgan fingerprint density at radius 1 is 1.00 bits per heavy atom. The zero-order valence-corrected chi connectivity index (χ0v) is 12.7. The molecule has 0 atom stereocenters. The van der Waals surface area contributed by atoms with Crippen LogP contribution in [0.15, 0.2) is 30.3 Å². The Labute approximate surface area is 124 Å². The third-order valence-corrected chi connectivity index (χ3v) is 2.90. The van der Waals surface area contributed by atoms with Gasteiger partial charge in [-0.2, -0.15) is 0 Å². The van der Waals surface area contributed by atoms with E-state index in [1.807, 2.05) is 45.9 Å². The Morgan fingerprint density at radius 3 is 2.19 bits per heavy atom. The zero-order chi connectivity index (χ0) is 15.6.